The van der Waals surface area contributed by atoms with Gasteiger partial charge in [0.25, 0.3) is 10.1 Å². The van der Waals surface area contributed by atoms with E-state index in [1.54, 1.807) is 0 Å². The van der Waals surface area contributed by atoms with Crippen molar-refractivity contribution in [3.8, 4) is 0 Å². The molecule has 0 bridgehead atoms. The van der Waals surface area contributed by atoms with Crippen molar-refractivity contribution in [2.45, 2.75) is 116 Å². The van der Waals surface area contributed by atoms with Crippen molar-refractivity contribution in [2.24, 2.45) is 0 Å². The van der Waals surface area contributed by atoms with Crippen molar-refractivity contribution >= 4 is 10.1 Å². The van der Waals surface area contributed by atoms with Crippen LogP contribution >= 0.6 is 0 Å². The molecule has 0 saturated carbocycles. The predicted octanol–water partition coefficient (Wildman–Crippen LogP) is 5.51. The van der Waals surface area contributed by atoms with Crippen LogP contribution in [0.15, 0.2) is 0 Å². The SMILES string of the molecule is CCCCCCCCCCCCCCCCCCOCC(O)CS(=O)(=O)O. The fourth-order valence-electron chi connectivity index (χ4n) is 3.26. The molecule has 0 saturated heterocycles. The van der Waals surface area contributed by atoms with Crippen molar-refractivity contribution < 1.29 is 22.8 Å². The van der Waals surface area contributed by atoms with E-state index >= 15 is 0 Å². The van der Waals surface area contributed by atoms with Gasteiger partial charge in [-0.1, -0.05) is 103 Å². The van der Waals surface area contributed by atoms with Gasteiger partial charge in [-0.05, 0) is 6.42 Å². The zero-order valence-corrected chi connectivity index (χ0v) is 18.4. The van der Waals surface area contributed by atoms with Crippen molar-refractivity contribution in [1.29, 1.82) is 0 Å². The molecule has 0 rings (SSSR count). The Morgan fingerprint density at radius 1 is 0.704 bits per heavy atom. The predicted molar refractivity (Wildman–Crippen MR) is 113 cm³/mol. The Bertz CT molecular complexity index is 397. The first-order valence-electron chi connectivity index (χ1n) is 11.2. The maximum Gasteiger partial charge on any atom is 0.267 e. The first kappa shape index (κ1) is 26.8. The summed E-state index contributed by atoms with van der Waals surface area (Å²) in [5, 5.41) is 9.36. The van der Waals surface area contributed by atoms with Crippen LogP contribution in [0, 0.1) is 0 Å². The molecule has 0 heterocycles. The molecule has 1 atom stereocenters. The highest BCUT2D eigenvalue weighted by Crippen LogP contribution is 2.13. The first-order chi connectivity index (χ1) is 13.0. The normalized spacial score (nSPS) is 13.1. The van der Waals surface area contributed by atoms with Gasteiger partial charge < -0.3 is 9.84 Å². The van der Waals surface area contributed by atoms with Gasteiger partial charge in [0.15, 0.2) is 0 Å². The molecule has 27 heavy (non-hydrogen) atoms. The maximum absolute atomic E-state index is 10.6. The van der Waals surface area contributed by atoms with Crippen LogP contribution in [0.3, 0.4) is 0 Å². The molecule has 6 heteroatoms. The van der Waals surface area contributed by atoms with E-state index in [0.29, 0.717) is 6.61 Å². The lowest BCUT2D eigenvalue weighted by Crippen LogP contribution is -2.25. The molecular formula is C21H44O5S. The third-order valence-electron chi connectivity index (χ3n) is 4.86. The van der Waals surface area contributed by atoms with Crippen LogP contribution in [0.25, 0.3) is 0 Å². The van der Waals surface area contributed by atoms with Crippen LogP contribution in [0.4, 0.5) is 0 Å². The second-order valence-corrected chi connectivity index (χ2v) is 9.28. The summed E-state index contributed by atoms with van der Waals surface area (Å²) in [5.41, 5.74) is 0. The first-order valence-corrected chi connectivity index (χ1v) is 12.8. The van der Waals surface area contributed by atoms with E-state index in [9.17, 15) is 13.5 Å². The molecule has 0 radical (unpaired) electrons. The van der Waals surface area contributed by atoms with Crippen LogP contribution in [0.5, 0.6) is 0 Å². The third-order valence-corrected chi connectivity index (χ3v) is 5.66. The molecule has 0 aliphatic heterocycles. The van der Waals surface area contributed by atoms with E-state index in [1.165, 1.54) is 89.9 Å². The number of ether oxygens (including phenoxy) is 1. The summed E-state index contributed by atoms with van der Waals surface area (Å²) >= 11 is 0. The Hall–Kier alpha value is -0.170. The highest BCUT2D eigenvalue weighted by atomic mass is 32.2. The summed E-state index contributed by atoms with van der Waals surface area (Å²) in [6.45, 7) is 2.75. The van der Waals surface area contributed by atoms with Gasteiger partial charge in [-0.2, -0.15) is 8.42 Å². The molecule has 2 N–H and O–H groups in total. The molecule has 0 aromatic rings. The largest absolute Gasteiger partial charge is 0.390 e. The zero-order valence-electron chi connectivity index (χ0n) is 17.5. The van der Waals surface area contributed by atoms with Gasteiger partial charge in [-0.25, -0.2) is 0 Å². The summed E-state index contributed by atoms with van der Waals surface area (Å²) < 4.78 is 35.0. The average Bonchev–Trinajstić information content (AvgIpc) is 2.59. The van der Waals surface area contributed by atoms with Crippen LogP contribution < -0.4 is 0 Å². The van der Waals surface area contributed by atoms with E-state index < -0.39 is 22.0 Å². The van der Waals surface area contributed by atoms with Crippen LogP contribution in [0.1, 0.15) is 110 Å². The van der Waals surface area contributed by atoms with E-state index in [4.69, 9.17) is 9.29 Å². The van der Waals surface area contributed by atoms with E-state index in [0.717, 1.165) is 12.8 Å². The molecule has 0 aromatic carbocycles. The number of hydrogen-bond donors (Lipinski definition) is 2. The van der Waals surface area contributed by atoms with Gasteiger partial charge in [-0.3, -0.25) is 4.55 Å². The smallest absolute Gasteiger partial charge is 0.267 e. The van der Waals surface area contributed by atoms with Crippen LogP contribution in [0.2, 0.25) is 0 Å². The Kier molecular flexibility index (Phi) is 19.0. The number of aliphatic hydroxyl groups excluding tert-OH is 1. The lowest BCUT2D eigenvalue weighted by molar-refractivity contribution is 0.0453. The Morgan fingerprint density at radius 2 is 1.07 bits per heavy atom. The standard InChI is InChI=1S/C21H44O5S/c1-2-3-4-5-6-7-8-9-10-11-12-13-14-15-16-17-18-26-19-21(22)20-27(23,24)25/h21-22H,2-20H2,1H3,(H,23,24,25). The molecule has 0 aromatic heterocycles. The molecule has 0 fully saturated rings. The summed E-state index contributed by atoms with van der Waals surface area (Å²) in [4.78, 5) is 0. The van der Waals surface area contributed by atoms with E-state index in [-0.39, 0.29) is 6.61 Å². The minimum Gasteiger partial charge on any atom is -0.390 e. The Balaban J connectivity index is 3.13. The second kappa shape index (κ2) is 19.2. The Labute approximate surface area is 168 Å². The fraction of sp³-hybridized carbons (Fsp3) is 1.00. The number of unbranched alkanes of at least 4 members (excludes halogenated alkanes) is 15. The average molecular weight is 409 g/mol. The van der Waals surface area contributed by atoms with Gasteiger partial charge in [0.2, 0.25) is 0 Å². The third kappa shape index (κ3) is 23.8. The highest BCUT2D eigenvalue weighted by Gasteiger charge is 2.13. The highest BCUT2D eigenvalue weighted by molar-refractivity contribution is 7.85. The van der Waals surface area contributed by atoms with Crippen molar-refractivity contribution in [1.82, 2.24) is 0 Å². The summed E-state index contributed by atoms with van der Waals surface area (Å²) in [5.74, 6) is -0.661. The van der Waals surface area contributed by atoms with Gasteiger partial charge in [-0.15, -0.1) is 0 Å². The fourth-order valence-corrected chi connectivity index (χ4v) is 3.85. The molecule has 0 amide bonds. The lowest BCUT2D eigenvalue weighted by Gasteiger charge is -2.09. The molecule has 0 spiro atoms. The monoisotopic (exact) mass is 408 g/mol. The molecular weight excluding hydrogens is 364 g/mol. The summed E-state index contributed by atoms with van der Waals surface area (Å²) in [6, 6.07) is 0. The lowest BCUT2D eigenvalue weighted by atomic mass is 10.0. The zero-order chi connectivity index (χ0) is 20.2. The van der Waals surface area contributed by atoms with Gasteiger partial charge in [0.1, 0.15) is 5.75 Å². The Morgan fingerprint density at radius 3 is 1.44 bits per heavy atom. The number of rotatable bonds is 21. The van der Waals surface area contributed by atoms with Gasteiger partial charge >= 0.3 is 0 Å². The quantitative estimate of drug-likeness (QED) is 0.193. The minimum atomic E-state index is -4.13. The maximum atomic E-state index is 10.6. The van der Waals surface area contributed by atoms with Crippen LogP contribution in [-0.2, 0) is 14.9 Å². The molecule has 5 nitrogen and oxygen atoms in total. The number of aliphatic hydroxyl groups is 1. The van der Waals surface area contributed by atoms with Gasteiger partial charge in [0.05, 0.1) is 12.7 Å². The molecule has 164 valence electrons. The molecule has 1 unspecified atom stereocenters. The summed E-state index contributed by atoms with van der Waals surface area (Å²) in [6.07, 6.45) is 20.0. The summed E-state index contributed by atoms with van der Waals surface area (Å²) in [7, 11) is -4.13. The van der Waals surface area contributed by atoms with Crippen molar-refractivity contribution in [2.75, 3.05) is 19.0 Å². The van der Waals surface area contributed by atoms with E-state index in [1.807, 2.05) is 0 Å². The van der Waals surface area contributed by atoms with Crippen LogP contribution in [-0.4, -0.2) is 43.1 Å². The topological polar surface area (TPSA) is 83.8 Å². The van der Waals surface area contributed by atoms with Gasteiger partial charge in [0, 0.05) is 6.61 Å². The molecule has 0 aliphatic carbocycles. The molecule has 0 aliphatic rings. The van der Waals surface area contributed by atoms with Crippen molar-refractivity contribution in [3.05, 3.63) is 0 Å². The minimum absolute atomic E-state index is 0.0431. The van der Waals surface area contributed by atoms with Crippen molar-refractivity contribution in [3.63, 3.8) is 0 Å². The van der Waals surface area contributed by atoms with E-state index in [2.05, 4.69) is 6.92 Å². The number of hydrogen-bond acceptors (Lipinski definition) is 4. The second-order valence-electron chi connectivity index (χ2n) is 7.78.